The van der Waals surface area contributed by atoms with E-state index in [1.54, 1.807) is 48.6 Å². The lowest BCUT2D eigenvalue weighted by Gasteiger charge is -2.12. The van der Waals surface area contributed by atoms with Crippen molar-refractivity contribution in [2.24, 2.45) is 0 Å². The van der Waals surface area contributed by atoms with Gasteiger partial charge in [-0.3, -0.25) is 4.79 Å². The highest BCUT2D eigenvalue weighted by Crippen LogP contribution is 2.30. The van der Waals surface area contributed by atoms with Gasteiger partial charge in [-0.15, -0.1) is 13.2 Å². The minimum absolute atomic E-state index is 0.0514. The van der Waals surface area contributed by atoms with E-state index in [9.17, 15) is 9.59 Å². The van der Waals surface area contributed by atoms with E-state index in [0.717, 1.165) is 11.1 Å². The number of ether oxygens (including phenoxy) is 4. The second-order valence-corrected chi connectivity index (χ2v) is 6.60. The standard InChI is InChI=1S/C25H26O6/c1-6-8-18-10-12-20(22(15-18)28-4)30-24(26)14-17(3)25(27)31-21-13-11-19(9-7-2)16-23(21)29-5/h6-7,10-13,15-16H,1-3,8-9,14H2,4-5H3. The fraction of sp³-hybridized carbons (Fsp3) is 0.200. The van der Waals surface area contributed by atoms with Crippen molar-refractivity contribution in [2.45, 2.75) is 19.3 Å². The molecule has 0 bridgehead atoms. The lowest BCUT2D eigenvalue weighted by atomic mass is 10.1. The molecule has 162 valence electrons. The van der Waals surface area contributed by atoms with Crippen LogP contribution >= 0.6 is 0 Å². The Hall–Kier alpha value is -3.80. The lowest BCUT2D eigenvalue weighted by Crippen LogP contribution is -2.17. The number of benzene rings is 2. The van der Waals surface area contributed by atoms with E-state index >= 15 is 0 Å². The van der Waals surface area contributed by atoms with E-state index < -0.39 is 11.9 Å². The molecule has 0 spiro atoms. The normalized spacial score (nSPS) is 10.0. The van der Waals surface area contributed by atoms with Gasteiger partial charge in [0.25, 0.3) is 0 Å². The van der Waals surface area contributed by atoms with Crippen LogP contribution < -0.4 is 18.9 Å². The predicted octanol–water partition coefficient (Wildman–Crippen LogP) is 4.62. The van der Waals surface area contributed by atoms with Gasteiger partial charge in [0.1, 0.15) is 0 Å². The third-order valence-electron chi connectivity index (χ3n) is 4.29. The van der Waals surface area contributed by atoms with Crippen molar-refractivity contribution >= 4 is 11.9 Å². The van der Waals surface area contributed by atoms with Gasteiger partial charge in [-0.05, 0) is 48.2 Å². The van der Waals surface area contributed by atoms with Crippen molar-refractivity contribution in [2.75, 3.05) is 14.2 Å². The van der Waals surface area contributed by atoms with Gasteiger partial charge in [0, 0.05) is 5.57 Å². The number of esters is 2. The molecule has 6 heteroatoms. The van der Waals surface area contributed by atoms with Crippen LogP contribution in [0.25, 0.3) is 0 Å². The van der Waals surface area contributed by atoms with Crippen LogP contribution in [0.15, 0.2) is 73.9 Å². The first kappa shape index (κ1) is 23.5. The summed E-state index contributed by atoms with van der Waals surface area (Å²) >= 11 is 0. The Morgan fingerprint density at radius 3 is 1.74 bits per heavy atom. The second-order valence-electron chi connectivity index (χ2n) is 6.60. The molecule has 2 aromatic carbocycles. The molecule has 0 amide bonds. The molecule has 0 saturated carbocycles. The van der Waals surface area contributed by atoms with Crippen molar-refractivity contribution in [3.05, 3.63) is 85.0 Å². The highest BCUT2D eigenvalue weighted by Gasteiger charge is 2.19. The summed E-state index contributed by atoms with van der Waals surface area (Å²) in [5.74, 6) is -0.127. The Morgan fingerprint density at radius 1 is 0.806 bits per heavy atom. The first-order chi connectivity index (χ1) is 14.9. The smallest absolute Gasteiger partial charge is 0.339 e. The van der Waals surface area contributed by atoms with Crippen LogP contribution in [0.4, 0.5) is 0 Å². The fourth-order valence-corrected chi connectivity index (χ4v) is 2.76. The molecule has 0 aromatic heterocycles. The molecule has 0 saturated heterocycles. The van der Waals surface area contributed by atoms with E-state index in [1.807, 2.05) is 0 Å². The minimum atomic E-state index is -0.750. The molecule has 0 fully saturated rings. The third-order valence-corrected chi connectivity index (χ3v) is 4.29. The molecule has 0 aliphatic heterocycles. The van der Waals surface area contributed by atoms with Gasteiger partial charge in [-0.1, -0.05) is 30.9 Å². The summed E-state index contributed by atoms with van der Waals surface area (Å²) in [5.41, 5.74) is 1.87. The van der Waals surface area contributed by atoms with Gasteiger partial charge in [0.15, 0.2) is 23.0 Å². The molecular formula is C25H26O6. The number of methoxy groups -OCH3 is 2. The molecule has 2 aromatic rings. The maximum atomic E-state index is 12.4. The Balaban J connectivity index is 2.01. The van der Waals surface area contributed by atoms with Gasteiger partial charge in [0.05, 0.1) is 20.6 Å². The molecule has 0 aliphatic carbocycles. The highest BCUT2D eigenvalue weighted by atomic mass is 16.6. The molecule has 0 heterocycles. The number of hydrogen-bond donors (Lipinski definition) is 0. The SMILES string of the molecule is C=CCc1ccc(OC(=O)CC(=C)C(=O)Oc2ccc(CC=C)cc2OC)c(OC)c1. The Bertz CT molecular complexity index is 990. The van der Waals surface area contributed by atoms with Crippen LogP contribution in [0.5, 0.6) is 23.0 Å². The highest BCUT2D eigenvalue weighted by molar-refractivity contribution is 5.95. The van der Waals surface area contributed by atoms with E-state index in [0.29, 0.717) is 24.3 Å². The van der Waals surface area contributed by atoms with Crippen LogP contribution in [0, 0.1) is 0 Å². The van der Waals surface area contributed by atoms with E-state index in [1.165, 1.54) is 14.2 Å². The number of hydrogen-bond acceptors (Lipinski definition) is 6. The summed E-state index contributed by atoms with van der Waals surface area (Å²) in [6, 6.07) is 10.4. The molecule has 0 atom stereocenters. The molecule has 31 heavy (non-hydrogen) atoms. The number of rotatable bonds is 11. The zero-order valence-corrected chi connectivity index (χ0v) is 17.8. The van der Waals surface area contributed by atoms with E-state index in [4.69, 9.17) is 18.9 Å². The van der Waals surface area contributed by atoms with Gasteiger partial charge < -0.3 is 18.9 Å². The van der Waals surface area contributed by atoms with Crippen molar-refractivity contribution in [1.29, 1.82) is 0 Å². The van der Waals surface area contributed by atoms with Gasteiger partial charge in [-0.25, -0.2) is 4.79 Å². The van der Waals surface area contributed by atoms with Crippen LogP contribution in [-0.4, -0.2) is 26.2 Å². The summed E-state index contributed by atoms with van der Waals surface area (Å²) in [7, 11) is 2.96. The van der Waals surface area contributed by atoms with Crippen LogP contribution in [0.1, 0.15) is 17.5 Å². The second kappa shape index (κ2) is 11.4. The summed E-state index contributed by atoms with van der Waals surface area (Å²) in [6.45, 7) is 11.0. The number of carbonyl (C=O) groups excluding carboxylic acids is 2. The van der Waals surface area contributed by atoms with Crippen LogP contribution in [-0.2, 0) is 22.4 Å². The largest absolute Gasteiger partial charge is 0.493 e. The molecule has 0 radical (unpaired) electrons. The van der Waals surface area contributed by atoms with Gasteiger partial charge in [0.2, 0.25) is 0 Å². The molecule has 6 nitrogen and oxygen atoms in total. The van der Waals surface area contributed by atoms with Gasteiger partial charge >= 0.3 is 11.9 Å². The topological polar surface area (TPSA) is 71.1 Å². The zero-order chi connectivity index (χ0) is 22.8. The summed E-state index contributed by atoms with van der Waals surface area (Å²) in [6.07, 6.45) is 4.49. The van der Waals surface area contributed by atoms with E-state index in [2.05, 4.69) is 19.7 Å². The van der Waals surface area contributed by atoms with Crippen molar-refractivity contribution in [3.8, 4) is 23.0 Å². The number of carbonyl (C=O) groups is 2. The molecule has 2 rings (SSSR count). The monoisotopic (exact) mass is 422 g/mol. The van der Waals surface area contributed by atoms with Gasteiger partial charge in [-0.2, -0.15) is 0 Å². The maximum absolute atomic E-state index is 12.4. The average molecular weight is 422 g/mol. The predicted molar refractivity (Wildman–Crippen MR) is 119 cm³/mol. The molecule has 0 unspecified atom stereocenters. The minimum Gasteiger partial charge on any atom is -0.493 e. The zero-order valence-electron chi connectivity index (χ0n) is 17.8. The lowest BCUT2D eigenvalue weighted by molar-refractivity contribution is -0.137. The van der Waals surface area contributed by atoms with Crippen molar-refractivity contribution < 1.29 is 28.5 Å². The average Bonchev–Trinajstić information content (AvgIpc) is 2.75. The first-order valence-electron chi connectivity index (χ1n) is 9.58. The maximum Gasteiger partial charge on any atom is 0.339 e. The summed E-state index contributed by atoms with van der Waals surface area (Å²) in [4.78, 5) is 24.7. The van der Waals surface area contributed by atoms with Crippen LogP contribution in [0.3, 0.4) is 0 Å². The number of allylic oxidation sites excluding steroid dienone is 2. The molecule has 0 aliphatic rings. The Labute approximate surface area is 182 Å². The first-order valence-corrected chi connectivity index (χ1v) is 9.58. The summed E-state index contributed by atoms with van der Waals surface area (Å²) in [5, 5.41) is 0. The quantitative estimate of drug-likeness (QED) is 0.228. The summed E-state index contributed by atoms with van der Waals surface area (Å²) < 4.78 is 21.2. The van der Waals surface area contributed by atoms with E-state index in [-0.39, 0.29) is 23.5 Å². The molecular weight excluding hydrogens is 396 g/mol. The Kier molecular flexibility index (Phi) is 8.64. The van der Waals surface area contributed by atoms with Crippen molar-refractivity contribution in [3.63, 3.8) is 0 Å². The fourth-order valence-electron chi connectivity index (χ4n) is 2.76. The third kappa shape index (κ3) is 6.60. The Morgan fingerprint density at radius 2 is 1.29 bits per heavy atom. The van der Waals surface area contributed by atoms with Crippen LogP contribution in [0.2, 0.25) is 0 Å². The van der Waals surface area contributed by atoms with Crippen molar-refractivity contribution in [1.82, 2.24) is 0 Å². The molecule has 0 N–H and O–H groups in total.